The van der Waals surface area contributed by atoms with E-state index < -0.39 is 0 Å². The molecule has 0 aliphatic rings. The van der Waals surface area contributed by atoms with Gasteiger partial charge in [-0.05, 0) is 37.1 Å². The molecule has 0 unspecified atom stereocenters. The van der Waals surface area contributed by atoms with Crippen molar-refractivity contribution in [1.29, 1.82) is 0 Å². The summed E-state index contributed by atoms with van der Waals surface area (Å²) in [4.78, 5) is 16.3. The lowest BCUT2D eigenvalue weighted by atomic mass is 10.1. The highest BCUT2D eigenvalue weighted by molar-refractivity contribution is 5.77. The van der Waals surface area contributed by atoms with Gasteiger partial charge in [-0.25, -0.2) is 4.98 Å². The molecule has 3 rings (SSSR count). The first kappa shape index (κ1) is 15.9. The molecule has 0 bridgehead atoms. The molecule has 0 saturated carbocycles. The Morgan fingerprint density at radius 1 is 1.25 bits per heavy atom. The zero-order valence-electron chi connectivity index (χ0n) is 13.6. The van der Waals surface area contributed by atoms with Crippen molar-refractivity contribution in [1.82, 2.24) is 14.7 Å². The molecule has 2 heterocycles. The Labute approximate surface area is 139 Å². The van der Waals surface area contributed by atoms with E-state index in [2.05, 4.69) is 10.3 Å². The SMILES string of the molecule is Cc1cccc(C)c1OCC(=O)NCc1cn2cccc(O)c2n1. The molecule has 0 atom stereocenters. The molecule has 1 amide bonds. The minimum absolute atomic E-state index is 0.0513. The van der Waals surface area contributed by atoms with E-state index in [4.69, 9.17) is 4.74 Å². The normalized spacial score (nSPS) is 10.8. The van der Waals surface area contributed by atoms with Gasteiger partial charge in [0.1, 0.15) is 5.75 Å². The topological polar surface area (TPSA) is 75.9 Å². The van der Waals surface area contributed by atoms with Gasteiger partial charge in [0.2, 0.25) is 0 Å². The Bertz CT molecular complexity index is 866. The number of nitrogens with one attached hydrogen (secondary N) is 1. The summed E-state index contributed by atoms with van der Waals surface area (Å²) in [6, 6.07) is 9.15. The number of ether oxygens (including phenoxy) is 1. The molecule has 0 saturated heterocycles. The molecule has 0 fully saturated rings. The van der Waals surface area contributed by atoms with Gasteiger partial charge in [0, 0.05) is 12.4 Å². The number of rotatable bonds is 5. The first-order chi connectivity index (χ1) is 11.5. The molecular weight excluding hydrogens is 306 g/mol. The molecule has 0 radical (unpaired) electrons. The fourth-order valence-electron chi connectivity index (χ4n) is 2.54. The van der Waals surface area contributed by atoms with Crippen LogP contribution >= 0.6 is 0 Å². The molecule has 2 aromatic heterocycles. The highest BCUT2D eigenvalue weighted by Crippen LogP contribution is 2.22. The molecule has 24 heavy (non-hydrogen) atoms. The van der Waals surface area contributed by atoms with Crippen molar-refractivity contribution in [3.05, 3.63) is 59.5 Å². The quantitative estimate of drug-likeness (QED) is 0.755. The maximum Gasteiger partial charge on any atom is 0.258 e. The number of aryl methyl sites for hydroxylation is 2. The fourth-order valence-corrected chi connectivity index (χ4v) is 2.54. The van der Waals surface area contributed by atoms with Gasteiger partial charge in [-0.3, -0.25) is 4.79 Å². The van der Waals surface area contributed by atoms with E-state index in [0.717, 1.165) is 16.9 Å². The van der Waals surface area contributed by atoms with E-state index >= 15 is 0 Å². The van der Waals surface area contributed by atoms with E-state index in [1.54, 1.807) is 28.9 Å². The van der Waals surface area contributed by atoms with Crippen molar-refractivity contribution >= 4 is 11.6 Å². The zero-order valence-corrected chi connectivity index (χ0v) is 13.6. The van der Waals surface area contributed by atoms with Gasteiger partial charge in [0.05, 0.1) is 12.2 Å². The number of aromatic nitrogens is 2. The second-order valence-electron chi connectivity index (χ2n) is 5.64. The van der Waals surface area contributed by atoms with Crippen LogP contribution in [0.5, 0.6) is 11.5 Å². The van der Waals surface area contributed by atoms with Gasteiger partial charge < -0.3 is 19.6 Å². The van der Waals surface area contributed by atoms with E-state index in [1.165, 1.54) is 0 Å². The van der Waals surface area contributed by atoms with Gasteiger partial charge in [0.25, 0.3) is 5.91 Å². The lowest BCUT2D eigenvalue weighted by Gasteiger charge is -2.11. The number of carbonyl (C=O) groups is 1. The number of benzene rings is 1. The first-order valence-electron chi connectivity index (χ1n) is 7.66. The Morgan fingerprint density at radius 3 is 2.71 bits per heavy atom. The van der Waals surface area contributed by atoms with Crippen molar-refractivity contribution in [3.63, 3.8) is 0 Å². The lowest BCUT2D eigenvalue weighted by molar-refractivity contribution is -0.123. The molecule has 1 aromatic carbocycles. The summed E-state index contributed by atoms with van der Waals surface area (Å²) in [6.07, 6.45) is 3.55. The third kappa shape index (κ3) is 3.32. The minimum Gasteiger partial charge on any atom is -0.504 e. The average Bonchev–Trinajstić information content (AvgIpc) is 2.97. The van der Waals surface area contributed by atoms with E-state index in [9.17, 15) is 9.90 Å². The summed E-state index contributed by atoms with van der Waals surface area (Å²) in [5.41, 5.74) is 3.13. The number of fused-ring (bicyclic) bond motifs is 1. The lowest BCUT2D eigenvalue weighted by Crippen LogP contribution is -2.28. The van der Waals surface area contributed by atoms with Crippen molar-refractivity contribution in [2.75, 3.05) is 6.61 Å². The average molecular weight is 325 g/mol. The predicted octanol–water partition coefficient (Wildman–Crippen LogP) is 2.35. The van der Waals surface area contributed by atoms with Crippen molar-refractivity contribution in [3.8, 4) is 11.5 Å². The highest BCUT2D eigenvalue weighted by Gasteiger charge is 2.09. The summed E-state index contributed by atoms with van der Waals surface area (Å²) >= 11 is 0. The van der Waals surface area contributed by atoms with Crippen LogP contribution in [0.2, 0.25) is 0 Å². The van der Waals surface area contributed by atoms with Crippen LogP contribution in [0, 0.1) is 13.8 Å². The number of imidazole rings is 1. The molecule has 124 valence electrons. The largest absolute Gasteiger partial charge is 0.504 e. The van der Waals surface area contributed by atoms with Crippen LogP contribution in [0.3, 0.4) is 0 Å². The molecule has 0 spiro atoms. The number of pyridine rings is 1. The molecule has 6 nitrogen and oxygen atoms in total. The van der Waals surface area contributed by atoms with E-state index in [0.29, 0.717) is 11.3 Å². The Morgan fingerprint density at radius 2 is 2.00 bits per heavy atom. The second-order valence-corrected chi connectivity index (χ2v) is 5.64. The van der Waals surface area contributed by atoms with Crippen LogP contribution in [0.25, 0.3) is 5.65 Å². The standard InChI is InChI=1S/C18H19N3O3/c1-12-5-3-6-13(2)17(12)24-11-16(23)19-9-14-10-21-8-4-7-15(22)18(21)20-14/h3-8,10,22H,9,11H2,1-2H3,(H,19,23). The monoisotopic (exact) mass is 325 g/mol. The Hall–Kier alpha value is -3.02. The zero-order chi connectivity index (χ0) is 17.1. The fraction of sp³-hybridized carbons (Fsp3) is 0.222. The third-order valence-electron chi connectivity index (χ3n) is 3.74. The summed E-state index contributed by atoms with van der Waals surface area (Å²) in [5.74, 6) is 0.623. The molecular formula is C18H19N3O3. The number of hydrogen-bond donors (Lipinski definition) is 2. The predicted molar refractivity (Wildman–Crippen MR) is 90.1 cm³/mol. The second kappa shape index (κ2) is 6.62. The molecule has 0 aliphatic carbocycles. The van der Waals surface area contributed by atoms with Crippen LogP contribution in [-0.4, -0.2) is 27.0 Å². The van der Waals surface area contributed by atoms with Gasteiger partial charge in [-0.1, -0.05) is 18.2 Å². The van der Waals surface area contributed by atoms with Crippen LogP contribution in [-0.2, 0) is 11.3 Å². The van der Waals surface area contributed by atoms with Crippen molar-refractivity contribution in [2.24, 2.45) is 0 Å². The number of nitrogens with zero attached hydrogens (tertiary/aromatic N) is 2. The van der Waals surface area contributed by atoms with Gasteiger partial charge in [-0.2, -0.15) is 0 Å². The van der Waals surface area contributed by atoms with E-state index in [-0.39, 0.29) is 24.8 Å². The van der Waals surface area contributed by atoms with Gasteiger partial charge in [-0.15, -0.1) is 0 Å². The van der Waals surface area contributed by atoms with Crippen LogP contribution in [0.15, 0.2) is 42.7 Å². The summed E-state index contributed by atoms with van der Waals surface area (Å²) in [5, 5.41) is 12.5. The van der Waals surface area contributed by atoms with Gasteiger partial charge >= 0.3 is 0 Å². The number of aromatic hydroxyl groups is 1. The van der Waals surface area contributed by atoms with Gasteiger partial charge in [0.15, 0.2) is 18.0 Å². The molecule has 2 N–H and O–H groups in total. The smallest absolute Gasteiger partial charge is 0.258 e. The highest BCUT2D eigenvalue weighted by atomic mass is 16.5. The third-order valence-corrected chi connectivity index (χ3v) is 3.74. The summed E-state index contributed by atoms with van der Waals surface area (Å²) in [7, 11) is 0. The Kier molecular flexibility index (Phi) is 4.37. The number of amides is 1. The maximum absolute atomic E-state index is 12.0. The summed E-state index contributed by atoms with van der Waals surface area (Å²) in [6.45, 7) is 4.12. The summed E-state index contributed by atoms with van der Waals surface area (Å²) < 4.78 is 7.33. The van der Waals surface area contributed by atoms with Crippen LogP contribution < -0.4 is 10.1 Å². The van der Waals surface area contributed by atoms with Crippen LogP contribution in [0.4, 0.5) is 0 Å². The van der Waals surface area contributed by atoms with Crippen molar-refractivity contribution < 1.29 is 14.6 Å². The molecule has 0 aliphatic heterocycles. The molecule has 6 heteroatoms. The number of para-hydroxylation sites is 1. The van der Waals surface area contributed by atoms with Crippen molar-refractivity contribution in [2.45, 2.75) is 20.4 Å². The first-order valence-corrected chi connectivity index (χ1v) is 7.66. The van der Waals surface area contributed by atoms with E-state index in [1.807, 2.05) is 32.0 Å². The van der Waals surface area contributed by atoms with Crippen LogP contribution in [0.1, 0.15) is 16.8 Å². The Balaban J connectivity index is 1.58. The molecule has 3 aromatic rings. The maximum atomic E-state index is 12.0. The number of hydrogen-bond acceptors (Lipinski definition) is 4. The minimum atomic E-state index is -0.223. The number of carbonyl (C=O) groups excluding carboxylic acids is 1.